The molecule has 1 saturated heterocycles. The molecule has 0 aliphatic carbocycles. The van der Waals surface area contributed by atoms with E-state index in [9.17, 15) is 4.79 Å². The van der Waals surface area contributed by atoms with Crippen LogP contribution in [0.2, 0.25) is 0 Å². The van der Waals surface area contributed by atoms with Gasteiger partial charge in [-0.25, -0.2) is 0 Å². The molecule has 2 aromatic carbocycles. The Labute approximate surface area is 188 Å². The van der Waals surface area contributed by atoms with Crippen molar-refractivity contribution in [2.75, 3.05) is 20.3 Å². The Balaban J connectivity index is 1.45. The summed E-state index contributed by atoms with van der Waals surface area (Å²) in [7, 11) is 1.70. The number of benzene rings is 2. The highest BCUT2D eigenvalue weighted by Gasteiger charge is 2.28. The van der Waals surface area contributed by atoms with Crippen molar-refractivity contribution in [1.82, 2.24) is 4.90 Å². The lowest BCUT2D eigenvalue weighted by atomic mass is 9.98. The van der Waals surface area contributed by atoms with Crippen molar-refractivity contribution in [3.05, 3.63) is 64.6 Å². The van der Waals surface area contributed by atoms with Gasteiger partial charge in [-0.15, -0.1) is 0 Å². The third-order valence-electron chi connectivity index (χ3n) is 5.04. The van der Waals surface area contributed by atoms with Crippen molar-refractivity contribution in [2.45, 2.75) is 32.6 Å². The van der Waals surface area contributed by atoms with Crippen LogP contribution >= 0.6 is 24.0 Å². The third kappa shape index (κ3) is 5.64. The van der Waals surface area contributed by atoms with Gasteiger partial charge in [0.1, 0.15) is 15.8 Å². The minimum absolute atomic E-state index is 0.0553. The molecule has 6 heteroatoms. The monoisotopic (exact) mass is 441 g/mol. The first-order chi connectivity index (χ1) is 14.5. The van der Waals surface area contributed by atoms with Crippen molar-refractivity contribution in [1.29, 1.82) is 0 Å². The number of hydrogen-bond donors (Lipinski definition) is 0. The highest BCUT2D eigenvalue weighted by molar-refractivity contribution is 8.26. The molecule has 3 rings (SSSR count). The molecule has 0 spiro atoms. The minimum Gasteiger partial charge on any atom is -0.493 e. The fourth-order valence-electron chi connectivity index (χ4n) is 3.03. The Bertz CT molecular complexity index is 924. The molecule has 0 aromatic heterocycles. The Hall–Kier alpha value is -2.31. The van der Waals surface area contributed by atoms with E-state index in [1.807, 2.05) is 42.5 Å². The van der Waals surface area contributed by atoms with Gasteiger partial charge < -0.3 is 9.47 Å². The van der Waals surface area contributed by atoms with Gasteiger partial charge in [-0.3, -0.25) is 9.69 Å². The molecule has 0 bridgehead atoms. The van der Waals surface area contributed by atoms with Gasteiger partial charge in [0.25, 0.3) is 5.91 Å². The van der Waals surface area contributed by atoms with E-state index in [0.29, 0.717) is 28.4 Å². The molecule has 4 nitrogen and oxygen atoms in total. The van der Waals surface area contributed by atoms with Gasteiger partial charge in [-0.05, 0) is 47.7 Å². The van der Waals surface area contributed by atoms with Crippen LogP contribution in [0, 0.1) is 0 Å². The van der Waals surface area contributed by atoms with Crippen molar-refractivity contribution < 1.29 is 14.3 Å². The summed E-state index contributed by atoms with van der Waals surface area (Å²) in [6.45, 7) is 5.61. The van der Waals surface area contributed by atoms with E-state index in [4.69, 9.17) is 21.7 Å². The first-order valence-electron chi connectivity index (χ1n) is 10.2. The van der Waals surface area contributed by atoms with E-state index in [-0.39, 0.29) is 5.91 Å². The van der Waals surface area contributed by atoms with E-state index in [1.54, 1.807) is 7.05 Å². The summed E-state index contributed by atoms with van der Waals surface area (Å²) in [4.78, 5) is 14.2. The van der Waals surface area contributed by atoms with Crippen LogP contribution in [0.3, 0.4) is 0 Å². The zero-order valence-corrected chi connectivity index (χ0v) is 19.2. The Morgan fingerprint density at radius 3 is 2.47 bits per heavy atom. The maximum atomic E-state index is 12.1. The summed E-state index contributed by atoms with van der Waals surface area (Å²) >= 11 is 6.48. The maximum absolute atomic E-state index is 12.1. The summed E-state index contributed by atoms with van der Waals surface area (Å²) < 4.78 is 12.4. The van der Waals surface area contributed by atoms with Crippen molar-refractivity contribution in [3.63, 3.8) is 0 Å². The molecule has 158 valence electrons. The summed E-state index contributed by atoms with van der Waals surface area (Å²) in [5.41, 5.74) is 2.21. The number of hydrogen-bond acceptors (Lipinski definition) is 5. The van der Waals surface area contributed by atoms with Gasteiger partial charge in [0.15, 0.2) is 0 Å². The average molecular weight is 442 g/mol. The summed E-state index contributed by atoms with van der Waals surface area (Å²) in [6, 6.07) is 16.0. The van der Waals surface area contributed by atoms with Crippen LogP contribution < -0.4 is 9.47 Å². The number of thioether (sulfide) groups is 1. The van der Waals surface area contributed by atoms with Crippen molar-refractivity contribution in [3.8, 4) is 11.5 Å². The van der Waals surface area contributed by atoms with E-state index in [2.05, 4.69) is 26.0 Å². The number of rotatable bonds is 9. The molecule has 0 N–H and O–H groups in total. The van der Waals surface area contributed by atoms with Gasteiger partial charge in [0.2, 0.25) is 0 Å². The zero-order valence-electron chi connectivity index (χ0n) is 17.6. The van der Waals surface area contributed by atoms with Gasteiger partial charge in [0.05, 0.1) is 18.1 Å². The number of ether oxygens (including phenoxy) is 2. The first-order valence-corrected chi connectivity index (χ1v) is 11.4. The van der Waals surface area contributed by atoms with Gasteiger partial charge in [0, 0.05) is 13.5 Å². The average Bonchev–Trinajstić information content (AvgIpc) is 3.01. The summed E-state index contributed by atoms with van der Waals surface area (Å²) in [6.07, 6.45) is 3.75. The molecular weight excluding hydrogens is 414 g/mol. The van der Waals surface area contributed by atoms with Gasteiger partial charge >= 0.3 is 0 Å². The van der Waals surface area contributed by atoms with Crippen LogP contribution in [0.1, 0.15) is 43.7 Å². The SMILES string of the molecule is CCC(C)c1ccccc1OCCCOc1ccc(/C=C2\SC(=S)N(C)C2=O)cc1. The van der Waals surface area contributed by atoms with Crippen molar-refractivity contribution in [2.24, 2.45) is 0 Å². The summed E-state index contributed by atoms with van der Waals surface area (Å²) in [5.74, 6) is 2.20. The van der Waals surface area contributed by atoms with Crippen LogP contribution in [0.15, 0.2) is 53.4 Å². The van der Waals surface area contributed by atoms with Crippen molar-refractivity contribution >= 4 is 40.3 Å². The lowest BCUT2D eigenvalue weighted by Gasteiger charge is -2.15. The molecule has 1 amide bonds. The molecule has 1 fully saturated rings. The predicted octanol–water partition coefficient (Wildman–Crippen LogP) is 5.88. The second-order valence-corrected chi connectivity index (χ2v) is 8.88. The number of nitrogens with zero attached hydrogens (tertiary/aromatic N) is 1. The molecule has 0 saturated carbocycles. The highest BCUT2D eigenvalue weighted by Crippen LogP contribution is 2.31. The highest BCUT2D eigenvalue weighted by atomic mass is 32.2. The number of carbonyl (C=O) groups is 1. The van der Waals surface area contributed by atoms with Gasteiger partial charge in [-0.2, -0.15) is 0 Å². The molecule has 1 atom stereocenters. The largest absolute Gasteiger partial charge is 0.493 e. The fourth-order valence-corrected chi connectivity index (χ4v) is 4.21. The molecular formula is C24H27NO3S2. The molecule has 0 radical (unpaired) electrons. The van der Waals surface area contributed by atoms with Crippen LogP contribution in [-0.2, 0) is 4.79 Å². The number of carbonyl (C=O) groups excluding carboxylic acids is 1. The van der Waals surface area contributed by atoms with E-state index in [1.165, 1.54) is 22.2 Å². The number of amides is 1. The molecule has 1 heterocycles. The molecule has 30 heavy (non-hydrogen) atoms. The Morgan fingerprint density at radius 1 is 1.10 bits per heavy atom. The zero-order chi connectivity index (χ0) is 21.5. The topological polar surface area (TPSA) is 38.8 Å². The normalized spacial score (nSPS) is 16.2. The fraction of sp³-hybridized carbons (Fsp3) is 0.333. The van der Waals surface area contributed by atoms with Crippen LogP contribution in [0.5, 0.6) is 11.5 Å². The van der Waals surface area contributed by atoms with Gasteiger partial charge in [-0.1, -0.05) is 68.2 Å². The third-order valence-corrected chi connectivity index (χ3v) is 6.53. The van der Waals surface area contributed by atoms with E-state index in [0.717, 1.165) is 29.9 Å². The second kappa shape index (κ2) is 10.6. The smallest absolute Gasteiger partial charge is 0.265 e. The number of para-hydroxylation sites is 1. The summed E-state index contributed by atoms with van der Waals surface area (Å²) in [5, 5.41) is 0. The number of likely N-dealkylation sites (N-methyl/N-ethyl adjacent to an activating group) is 1. The maximum Gasteiger partial charge on any atom is 0.265 e. The predicted molar refractivity (Wildman–Crippen MR) is 128 cm³/mol. The standard InChI is InChI=1S/C24H27NO3S2/c1-4-17(2)20-8-5-6-9-21(20)28-15-7-14-27-19-12-10-18(11-13-19)16-22-23(26)25(3)24(29)30-22/h5-6,8-13,16-17H,4,7,14-15H2,1-3H3/b22-16-. The van der Waals surface area contributed by atoms with E-state index < -0.39 is 0 Å². The van der Waals surface area contributed by atoms with Crippen LogP contribution in [0.25, 0.3) is 6.08 Å². The second-order valence-electron chi connectivity index (χ2n) is 7.21. The molecule has 1 aliphatic rings. The van der Waals surface area contributed by atoms with E-state index >= 15 is 0 Å². The molecule has 1 unspecified atom stereocenters. The molecule has 1 aliphatic heterocycles. The Kier molecular flexibility index (Phi) is 7.94. The quantitative estimate of drug-likeness (QED) is 0.276. The minimum atomic E-state index is -0.0553. The lowest BCUT2D eigenvalue weighted by Crippen LogP contribution is -2.22. The lowest BCUT2D eigenvalue weighted by molar-refractivity contribution is -0.121. The van der Waals surface area contributed by atoms with Crippen LogP contribution in [0.4, 0.5) is 0 Å². The Morgan fingerprint density at radius 2 is 1.80 bits per heavy atom. The molecule has 2 aromatic rings. The number of thiocarbonyl (C=S) groups is 1. The first kappa shape index (κ1) is 22.4. The van der Waals surface area contributed by atoms with Crippen LogP contribution in [-0.4, -0.2) is 35.4 Å².